The van der Waals surface area contributed by atoms with Gasteiger partial charge < -0.3 is 4.74 Å². The van der Waals surface area contributed by atoms with Crippen LogP contribution in [-0.2, 0) is 16.4 Å². The number of rotatable bonds is 7. The van der Waals surface area contributed by atoms with E-state index in [9.17, 15) is 8.42 Å². The fourth-order valence-electron chi connectivity index (χ4n) is 2.38. The molecule has 4 nitrogen and oxygen atoms in total. The highest BCUT2D eigenvalue weighted by Gasteiger charge is 2.13. The number of para-hydroxylation sites is 1. The summed E-state index contributed by atoms with van der Waals surface area (Å²) in [6.07, 6.45) is 0.589. The van der Waals surface area contributed by atoms with Gasteiger partial charge in [0, 0.05) is 11.6 Å². The van der Waals surface area contributed by atoms with Gasteiger partial charge in [0.25, 0.3) is 0 Å². The molecule has 0 radical (unpaired) electrons. The second-order valence-electron chi connectivity index (χ2n) is 5.66. The zero-order chi connectivity index (χ0) is 18.4. The van der Waals surface area contributed by atoms with Crippen LogP contribution in [0.2, 0.25) is 5.02 Å². The van der Waals surface area contributed by atoms with Gasteiger partial charge in [-0.15, -0.1) is 0 Å². The van der Waals surface area contributed by atoms with E-state index in [0.717, 1.165) is 5.56 Å². The molecule has 3 aromatic rings. The third kappa shape index (κ3) is 5.08. The maximum atomic E-state index is 12.4. The van der Waals surface area contributed by atoms with Gasteiger partial charge in [-0.2, -0.15) is 0 Å². The normalized spacial score (nSPS) is 11.3. The molecule has 0 saturated carbocycles. The lowest BCUT2D eigenvalue weighted by Crippen LogP contribution is -2.25. The van der Waals surface area contributed by atoms with E-state index in [1.54, 1.807) is 24.3 Å². The Balaban J connectivity index is 1.59. The van der Waals surface area contributed by atoms with Crippen molar-refractivity contribution in [2.45, 2.75) is 11.3 Å². The summed E-state index contributed by atoms with van der Waals surface area (Å²) in [5.74, 6) is 1.28. The molecule has 3 rings (SSSR count). The fourth-order valence-corrected chi connectivity index (χ4v) is 3.53. The van der Waals surface area contributed by atoms with Crippen LogP contribution in [0.25, 0.3) is 0 Å². The van der Waals surface area contributed by atoms with Crippen molar-refractivity contribution in [3.8, 4) is 11.5 Å². The molecule has 26 heavy (non-hydrogen) atoms. The number of sulfonamides is 1. The summed E-state index contributed by atoms with van der Waals surface area (Å²) in [6.45, 7) is 0.312. The highest BCUT2D eigenvalue weighted by molar-refractivity contribution is 7.89. The Kier molecular flexibility index (Phi) is 5.93. The first kappa shape index (κ1) is 18.5. The maximum absolute atomic E-state index is 12.4. The Morgan fingerprint density at radius 3 is 2.08 bits per heavy atom. The molecule has 0 aliphatic rings. The third-order valence-corrected chi connectivity index (χ3v) is 5.46. The molecule has 0 heterocycles. The van der Waals surface area contributed by atoms with Gasteiger partial charge in [0.1, 0.15) is 11.5 Å². The van der Waals surface area contributed by atoms with Crippen molar-refractivity contribution in [1.82, 2.24) is 4.72 Å². The molecule has 0 spiro atoms. The van der Waals surface area contributed by atoms with Crippen LogP contribution in [0.3, 0.4) is 0 Å². The Bertz CT molecular complexity index is 941. The quantitative estimate of drug-likeness (QED) is 0.641. The minimum atomic E-state index is -3.56. The minimum absolute atomic E-state index is 0.203. The number of hydrogen-bond acceptors (Lipinski definition) is 3. The molecule has 0 fully saturated rings. The second-order valence-corrected chi connectivity index (χ2v) is 7.86. The van der Waals surface area contributed by atoms with Gasteiger partial charge >= 0.3 is 0 Å². The first-order valence-corrected chi connectivity index (χ1v) is 9.96. The van der Waals surface area contributed by atoms with E-state index < -0.39 is 10.0 Å². The summed E-state index contributed by atoms with van der Waals surface area (Å²) < 4.78 is 33.0. The van der Waals surface area contributed by atoms with Crippen LogP contribution in [0.4, 0.5) is 0 Å². The van der Waals surface area contributed by atoms with Gasteiger partial charge in [-0.1, -0.05) is 41.9 Å². The van der Waals surface area contributed by atoms with Crippen molar-refractivity contribution >= 4 is 21.6 Å². The molecular weight excluding hydrogens is 370 g/mol. The fraction of sp³-hybridized carbons (Fsp3) is 0.100. The molecule has 0 aliphatic carbocycles. The van der Waals surface area contributed by atoms with E-state index in [2.05, 4.69) is 4.72 Å². The highest BCUT2D eigenvalue weighted by atomic mass is 35.5. The third-order valence-electron chi connectivity index (χ3n) is 3.73. The molecule has 3 aromatic carbocycles. The Morgan fingerprint density at radius 2 is 1.42 bits per heavy atom. The summed E-state index contributed by atoms with van der Waals surface area (Å²) in [4.78, 5) is 0.203. The Labute approximate surface area is 158 Å². The van der Waals surface area contributed by atoms with Gasteiger partial charge in [0.2, 0.25) is 10.0 Å². The van der Waals surface area contributed by atoms with E-state index in [-0.39, 0.29) is 4.90 Å². The molecular formula is C20H18ClNO3S. The van der Waals surface area contributed by atoms with Crippen LogP contribution >= 0.6 is 11.6 Å². The van der Waals surface area contributed by atoms with Gasteiger partial charge in [-0.25, -0.2) is 13.1 Å². The Morgan fingerprint density at radius 1 is 0.808 bits per heavy atom. The second kappa shape index (κ2) is 8.36. The number of hydrogen-bond donors (Lipinski definition) is 1. The van der Waals surface area contributed by atoms with E-state index >= 15 is 0 Å². The Hall–Kier alpha value is -2.34. The molecule has 1 N–H and O–H groups in total. The lowest BCUT2D eigenvalue weighted by Gasteiger charge is -2.09. The number of ether oxygens (including phenoxy) is 1. The first-order valence-electron chi connectivity index (χ1n) is 8.10. The van der Waals surface area contributed by atoms with Gasteiger partial charge in [-0.05, 0) is 60.5 Å². The summed E-state index contributed by atoms with van der Waals surface area (Å²) in [5, 5.41) is 0.659. The zero-order valence-electron chi connectivity index (χ0n) is 13.9. The monoisotopic (exact) mass is 387 g/mol. The summed E-state index contributed by atoms with van der Waals surface area (Å²) in [7, 11) is -3.56. The summed E-state index contributed by atoms with van der Waals surface area (Å²) >= 11 is 5.84. The molecule has 0 aromatic heterocycles. The predicted molar refractivity (Wildman–Crippen MR) is 103 cm³/mol. The first-order chi connectivity index (χ1) is 12.5. The van der Waals surface area contributed by atoms with Crippen LogP contribution in [0.5, 0.6) is 11.5 Å². The predicted octanol–water partition coefficient (Wildman–Crippen LogP) is 4.65. The molecule has 0 bridgehead atoms. The summed E-state index contributed by atoms with van der Waals surface area (Å²) in [5.41, 5.74) is 1.02. The van der Waals surface area contributed by atoms with E-state index in [4.69, 9.17) is 16.3 Å². The average molecular weight is 388 g/mol. The van der Waals surface area contributed by atoms with Gasteiger partial charge in [0.15, 0.2) is 0 Å². The van der Waals surface area contributed by atoms with Crippen molar-refractivity contribution in [3.05, 3.63) is 89.4 Å². The van der Waals surface area contributed by atoms with Crippen molar-refractivity contribution in [2.24, 2.45) is 0 Å². The molecule has 6 heteroatoms. The van der Waals surface area contributed by atoms with Crippen LogP contribution < -0.4 is 9.46 Å². The largest absolute Gasteiger partial charge is 0.457 e. The van der Waals surface area contributed by atoms with Crippen LogP contribution in [0.1, 0.15) is 5.56 Å². The van der Waals surface area contributed by atoms with Crippen molar-refractivity contribution < 1.29 is 13.2 Å². The van der Waals surface area contributed by atoms with Crippen LogP contribution in [0, 0.1) is 0 Å². The van der Waals surface area contributed by atoms with E-state index in [0.29, 0.717) is 29.5 Å². The molecule has 0 saturated heterocycles. The lowest BCUT2D eigenvalue weighted by molar-refractivity contribution is 0.482. The number of halogens is 1. The SMILES string of the molecule is O=S(=O)(NCCc1ccc(Cl)cc1)c1ccc(Oc2ccccc2)cc1. The van der Waals surface area contributed by atoms with E-state index in [1.807, 2.05) is 42.5 Å². The highest BCUT2D eigenvalue weighted by Crippen LogP contribution is 2.22. The van der Waals surface area contributed by atoms with E-state index in [1.165, 1.54) is 12.1 Å². The smallest absolute Gasteiger partial charge is 0.240 e. The van der Waals surface area contributed by atoms with Crippen molar-refractivity contribution in [3.63, 3.8) is 0 Å². The van der Waals surface area contributed by atoms with Gasteiger partial charge in [0.05, 0.1) is 4.90 Å². The molecule has 0 unspecified atom stereocenters. The topological polar surface area (TPSA) is 55.4 Å². The number of benzene rings is 3. The van der Waals surface area contributed by atoms with Crippen LogP contribution in [-0.4, -0.2) is 15.0 Å². The van der Waals surface area contributed by atoms with Gasteiger partial charge in [-0.3, -0.25) is 0 Å². The van der Waals surface area contributed by atoms with Crippen molar-refractivity contribution in [2.75, 3.05) is 6.54 Å². The molecule has 134 valence electrons. The maximum Gasteiger partial charge on any atom is 0.240 e. The van der Waals surface area contributed by atoms with Crippen molar-refractivity contribution in [1.29, 1.82) is 0 Å². The number of nitrogens with one attached hydrogen (secondary N) is 1. The molecule has 0 amide bonds. The average Bonchev–Trinajstić information content (AvgIpc) is 2.65. The zero-order valence-corrected chi connectivity index (χ0v) is 15.5. The molecule has 0 aliphatic heterocycles. The molecule has 0 atom stereocenters. The summed E-state index contributed by atoms with van der Waals surface area (Å²) in [6, 6.07) is 23.0. The lowest BCUT2D eigenvalue weighted by atomic mass is 10.2. The van der Waals surface area contributed by atoms with Crippen LogP contribution in [0.15, 0.2) is 83.8 Å². The minimum Gasteiger partial charge on any atom is -0.457 e. The standard InChI is InChI=1S/C20H18ClNO3S/c21-17-8-6-16(7-9-17)14-15-22-26(23,24)20-12-10-19(11-13-20)25-18-4-2-1-3-5-18/h1-13,22H,14-15H2.